The molecule has 0 aromatic rings. The van der Waals surface area contributed by atoms with Crippen LogP contribution in [0, 0.1) is 5.92 Å². The van der Waals surface area contributed by atoms with Gasteiger partial charge in [-0.1, -0.05) is 18.9 Å². The monoisotopic (exact) mass is 351 g/mol. The average molecular weight is 351 g/mol. The third kappa shape index (κ3) is 7.63. The predicted octanol–water partition coefficient (Wildman–Crippen LogP) is 2.88. The predicted molar refractivity (Wildman–Crippen MR) is 86.2 cm³/mol. The van der Waals surface area contributed by atoms with E-state index in [4.69, 9.17) is 0 Å². The zero-order valence-corrected chi connectivity index (χ0v) is 13.4. The van der Waals surface area contributed by atoms with Crippen molar-refractivity contribution in [2.24, 2.45) is 10.9 Å². The van der Waals surface area contributed by atoms with Crippen LogP contribution in [0.3, 0.4) is 0 Å². The molecule has 0 heterocycles. The minimum atomic E-state index is 0. The summed E-state index contributed by atoms with van der Waals surface area (Å²) in [6.45, 7) is 5.83. The number of aliphatic imine (C=N–C) groups is 1. The fourth-order valence-electron chi connectivity index (χ4n) is 1.76. The fourth-order valence-corrected chi connectivity index (χ4v) is 1.76. The molecule has 1 saturated carbocycles. The van der Waals surface area contributed by atoms with Crippen LogP contribution in [0.1, 0.15) is 32.1 Å². The summed E-state index contributed by atoms with van der Waals surface area (Å²) in [4.78, 5) is 6.48. The number of nitrogens with one attached hydrogen (secondary N) is 1. The lowest BCUT2D eigenvalue weighted by Crippen LogP contribution is -2.39. The highest BCUT2D eigenvalue weighted by atomic mass is 127. The molecule has 1 aliphatic carbocycles. The SMILES string of the molecule is C=CCCCN(C)C(=NC)NCCC1CC1.I. The normalized spacial score (nSPS) is 15.1. The molecule has 0 bridgehead atoms. The molecule has 1 N–H and O–H groups in total. The molecule has 0 unspecified atom stereocenters. The number of allylic oxidation sites excluding steroid dienone is 1. The quantitative estimate of drug-likeness (QED) is 0.251. The van der Waals surface area contributed by atoms with Crippen LogP contribution in [0.4, 0.5) is 0 Å². The third-order valence-electron chi connectivity index (χ3n) is 3.01. The second-order valence-electron chi connectivity index (χ2n) is 4.56. The topological polar surface area (TPSA) is 27.6 Å². The van der Waals surface area contributed by atoms with E-state index in [1.54, 1.807) is 0 Å². The molecule has 100 valence electrons. The smallest absolute Gasteiger partial charge is 0.193 e. The van der Waals surface area contributed by atoms with E-state index in [1.807, 2.05) is 13.1 Å². The number of unbranched alkanes of at least 4 members (excludes halogenated alkanes) is 1. The van der Waals surface area contributed by atoms with Gasteiger partial charge in [-0.3, -0.25) is 4.99 Å². The summed E-state index contributed by atoms with van der Waals surface area (Å²) in [6, 6.07) is 0. The van der Waals surface area contributed by atoms with Gasteiger partial charge in [0.2, 0.25) is 0 Å². The lowest BCUT2D eigenvalue weighted by molar-refractivity contribution is 0.468. The van der Waals surface area contributed by atoms with E-state index in [0.717, 1.165) is 37.8 Å². The molecular formula is C13H26IN3. The van der Waals surface area contributed by atoms with Crippen LogP contribution in [0.2, 0.25) is 0 Å². The largest absolute Gasteiger partial charge is 0.356 e. The van der Waals surface area contributed by atoms with Crippen LogP contribution in [-0.2, 0) is 0 Å². The van der Waals surface area contributed by atoms with E-state index in [1.165, 1.54) is 19.3 Å². The molecule has 0 aromatic carbocycles. The van der Waals surface area contributed by atoms with Gasteiger partial charge < -0.3 is 10.2 Å². The number of guanidine groups is 1. The van der Waals surface area contributed by atoms with Crippen molar-refractivity contribution in [2.45, 2.75) is 32.1 Å². The zero-order chi connectivity index (χ0) is 11.8. The van der Waals surface area contributed by atoms with Crippen molar-refractivity contribution in [3.63, 3.8) is 0 Å². The minimum Gasteiger partial charge on any atom is -0.356 e. The second kappa shape index (κ2) is 9.74. The zero-order valence-electron chi connectivity index (χ0n) is 11.1. The van der Waals surface area contributed by atoms with Gasteiger partial charge in [-0.2, -0.15) is 0 Å². The lowest BCUT2D eigenvalue weighted by Gasteiger charge is -2.21. The summed E-state index contributed by atoms with van der Waals surface area (Å²) in [5, 5.41) is 3.42. The van der Waals surface area contributed by atoms with Crippen molar-refractivity contribution in [3.05, 3.63) is 12.7 Å². The van der Waals surface area contributed by atoms with E-state index in [9.17, 15) is 0 Å². The molecule has 0 radical (unpaired) electrons. The lowest BCUT2D eigenvalue weighted by atomic mass is 10.3. The molecule has 1 aliphatic rings. The van der Waals surface area contributed by atoms with Gasteiger partial charge in [0.1, 0.15) is 0 Å². The molecule has 1 fully saturated rings. The molecule has 0 aromatic heterocycles. The number of hydrogen-bond acceptors (Lipinski definition) is 1. The Hall–Kier alpha value is -0.260. The third-order valence-corrected chi connectivity index (χ3v) is 3.01. The van der Waals surface area contributed by atoms with Gasteiger partial charge in [0, 0.05) is 27.2 Å². The Morgan fingerprint density at radius 2 is 2.24 bits per heavy atom. The first-order chi connectivity index (χ1) is 7.77. The summed E-state index contributed by atoms with van der Waals surface area (Å²) in [7, 11) is 3.94. The van der Waals surface area contributed by atoms with Crippen LogP contribution in [-0.4, -0.2) is 38.0 Å². The van der Waals surface area contributed by atoms with Crippen LogP contribution in [0.25, 0.3) is 0 Å². The highest BCUT2D eigenvalue weighted by molar-refractivity contribution is 14.0. The molecule has 0 amide bonds. The number of halogens is 1. The van der Waals surface area contributed by atoms with Gasteiger partial charge in [-0.05, 0) is 25.2 Å². The van der Waals surface area contributed by atoms with Crippen LogP contribution in [0.15, 0.2) is 17.6 Å². The maximum absolute atomic E-state index is 4.29. The Labute approximate surface area is 123 Å². The minimum absolute atomic E-state index is 0. The molecule has 0 saturated heterocycles. The Morgan fingerprint density at radius 3 is 2.76 bits per heavy atom. The Bertz CT molecular complexity index is 237. The van der Waals surface area contributed by atoms with Crippen LogP contribution in [0.5, 0.6) is 0 Å². The molecule has 0 aliphatic heterocycles. The first-order valence-corrected chi connectivity index (χ1v) is 6.30. The van der Waals surface area contributed by atoms with Crippen LogP contribution >= 0.6 is 24.0 Å². The summed E-state index contributed by atoms with van der Waals surface area (Å²) >= 11 is 0. The highest BCUT2D eigenvalue weighted by Crippen LogP contribution is 2.31. The molecule has 0 atom stereocenters. The molecule has 4 heteroatoms. The van der Waals surface area contributed by atoms with Crippen molar-refractivity contribution in [1.82, 2.24) is 10.2 Å². The first kappa shape index (κ1) is 16.7. The number of hydrogen-bond donors (Lipinski definition) is 1. The van der Waals surface area contributed by atoms with Gasteiger partial charge in [0.25, 0.3) is 0 Å². The van der Waals surface area contributed by atoms with E-state index in [-0.39, 0.29) is 24.0 Å². The maximum Gasteiger partial charge on any atom is 0.193 e. The van der Waals surface area contributed by atoms with Gasteiger partial charge >= 0.3 is 0 Å². The van der Waals surface area contributed by atoms with Crippen molar-refractivity contribution < 1.29 is 0 Å². The van der Waals surface area contributed by atoms with E-state index >= 15 is 0 Å². The van der Waals surface area contributed by atoms with E-state index in [0.29, 0.717) is 0 Å². The summed E-state index contributed by atoms with van der Waals surface area (Å²) < 4.78 is 0. The molecule has 0 spiro atoms. The molecule has 3 nitrogen and oxygen atoms in total. The summed E-state index contributed by atoms with van der Waals surface area (Å²) in [6.07, 6.45) is 8.33. The Balaban J connectivity index is 0.00000256. The Kier molecular flexibility index (Phi) is 9.59. The van der Waals surface area contributed by atoms with E-state index in [2.05, 4.69) is 28.8 Å². The maximum atomic E-state index is 4.29. The van der Waals surface area contributed by atoms with Crippen molar-refractivity contribution in [3.8, 4) is 0 Å². The van der Waals surface area contributed by atoms with Gasteiger partial charge in [0.05, 0.1) is 0 Å². The highest BCUT2D eigenvalue weighted by Gasteiger charge is 2.20. The van der Waals surface area contributed by atoms with Crippen molar-refractivity contribution in [1.29, 1.82) is 0 Å². The molecule has 17 heavy (non-hydrogen) atoms. The number of nitrogens with zero attached hydrogens (tertiary/aromatic N) is 2. The van der Waals surface area contributed by atoms with Crippen molar-refractivity contribution in [2.75, 3.05) is 27.2 Å². The van der Waals surface area contributed by atoms with Gasteiger partial charge in [0.15, 0.2) is 5.96 Å². The van der Waals surface area contributed by atoms with Crippen molar-refractivity contribution >= 4 is 29.9 Å². The van der Waals surface area contributed by atoms with Gasteiger partial charge in [-0.25, -0.2) is 0 Å². The molecular weight excluding hydrogens is 325 g/mol. The fraction of sp³-hybridized carbons (Fsp3) is 0.769. The summed E-state index contributed by atoms with van der Waals surface area (Å²) in [5.41, 5.74) is 0. The molecule has 1 rings (SSSR count). The standard InChI is InChI=1S/C13H25N3.HI/c1-4-5-6-11-16(3)13(14-2)15-10-9-12-7-8-12;/h4,12H,1,5-11H2,2-3H3,(H,14,15);1H. The number of rotatable bonds is 7. The summed E-state index contributed by atoms with van der Waals surface area (Å²) in [5.74, 6) is 2.00. The van der Waals surface area contributed by atoms with Gasteiger partial charge in [-0.15, -0.1) is 30.6 Å². The van der Waals surface area contributed by atoms with Crippen LogP contribution < -0.4 is 5.32 Å². The Morgan fingerprint density at radius 1 is 1.53 bits per heavy atom. The first-order valence-electron chi connectivity index (χ1n) is 6.30. The average Bonchev–Trinajstić information content (AvgIpc) is 3.08. The second-order valence-corrected chi connectivity index (χ2v) is 4.56. The van der Waals surface area contributed by atoms with E-state index < -0.39 is 0 Å².